The monoisotopic (exact) mass is 383 g/mol. The molecule has 0 spiro atoms. The summed E-state index contributed by atoms with van der Waals surface area (Å²) >= 11 is 0. The zero-order chi connectivity index (χ0) is 19.3. The first-order valence-corrected chi connectivity index (χ1v) is 8.95. The molecule has 0 saturated carbocycles. The molecule has 1 N–H and O–H groups in total. The van der Waals surface area contributed by atoms with E-state index in [0.29, 0.717) is 5.75 Å². The summed E-state index contributed by atoms with van der Waals surface area (Å²) in [4.78, 5) is 10.8. The fourth-order valence-corrected chi connectivity index (χ4v) is 3.77. The minimum absolute atomic E-state index is 0.152. The van der Waals surface area contributed by atoms with Crippen LogP contribution in [0, 0.1) is 5.82 Å². The number of benzene rings is 2. The predicted octanol–water partition coefficient (Wildman–Crippen LogP) is 2.51. The first kappa shape index (κ1) is 19.5. The van der Waals surface area contributed by atoms with Gasteiger partial charge in [0.2, 0.25) is 0 Å². The SMILES string of the molecule is COc1ccc(N(CCC(=O)O)S(=O)(=O)c2ccc(F)cc2)c(OC)c1. The van der Waals surface area contributed by atoms with Crippen LogP contribution in [0.15, 0.2) is 47.4 Å². The van der Waals surface area contributed by atoms with Crippen LogP contribution >= 0.6 is 0 Å². The summed E-state index contributed by atoms with van der Waals surface area (Å²) in [5.74, 6) is -1.09. The van der Waals surface area contributed by atoms with Crippen molar-refractivity contribution >= 4 is 21.7 Å². The molecule has 0 aromatic heterocycles. The van der Waals surface area contributed by atoms with Crippen molar-refractivity contribution in [2.45, 2.75) is 11.3 Å². The number of rotatable bonds is 8. The molecule has 0 heterocycles. The average Bonchev–Trinajstić information content (AvgIpc) is 2.61. The molecule has 2 aromatic carbocycles. The lowest BCUT2D eigenvalue weighted by molar-refractivity contribution is -0.136. The van der Waals surface area contributed by atoms with Crippen LogP contribution in [-0.4, -0.2) is 40.3 Å². The highest BCUT2D eigenvalue weighted by atomic mass is 32.2. The Bertz CT molecular complexity index is 883. The second-order valence-electron chi connectivity index (χ2n) is 5.21. The van der Waals surface area contributed by atoms with E-state index in [1.165, 1.54) is 32.4 Å². The summed E-state index contributed by atoms with van der Waals surface area (Å²) in [6, 6.07) is 8.76. The van der Waals surface area contributed by atoms with Crippen LogP contribution in [0.5, 0.6) is 11.5 Å². The lowest BCUT2D eigenvalue weighted by Crippen LogP contribution is -2.33. The lowest BCUT2D eigenvalue weighted by Gasteiger charge is -2.26. The second kappa shape index (κ2) is 8.05. The van der Waals surface area contributed by atoms with Crippen molar-refractivity contribution in [3.63, 3.8) is 0 Å². The van der Waals surface area contributed by atoms with Crippen molar-refractivity contribution < 1.29 is 32.2 Å². The van der Waals surface area contributed by atoms with Crippen LogP contribution in [0.25, 0.3) is 0 Å². The number of hydrogen-bond donors (Lipinski definition) is 1. The van der Waals surface area contributed by atoms with E-state index in [9.17, 15) is 17.6 Å². The van der Waals surface area contributed by atoms with E-state index in [1.807, 2.05) is 0 Å². The van der Waals surface area contributed by atoms with Gasteiger partial charge < -0.3 is 14.6 Å². The van der Waals surface area contributed by atoms with Crippen LogP contribution in [0.2, 0.25) is 0 Å². The maximum Gasteiger partial charge on any atom is 0.305 e. The van der Waals surface area contributed by atoms with E-state index < -0.39 is 28.2 Å². The number of nitrogens with zero attached hydrogens (tertiary/aromatic N) is 1. The summed E-state index contributed by atoms with van der Waals surface area (Å²) in [6.07, 6.45) is -0.421. The molecule has 0 fully saturated rings. The van der Waals surface area contributed by atoms with Crippen LogP contribution in [0.1, 0.15) is 6.42 Å². The van der Waals surface area contributed by atoms with Gasteiger partial charge in [0.25, 0.3) is 10.0 Å². The van der Waals surface area contributed by atoms with Crippen molar-refractivity contribution in [2.24, 2.45) is 0 Å². The standard InChI is InChI=1S/C17H18FNO6S/c1-24-13-5-8-15(16(11-13)25-2)19(10-9-17(20)21)26(22,23)14-6-3-12(18)4-7-14/h3-8,11H,9-10H2,1-2H3,(H,20,21). The van der Waals surface area contributed by atoms with Gasteiger partial charge in [-0.3, -0.25) is 9.10 Å². The van der Waals surface area contributed by atoms with Crippen molar-refractivity contribution in [3.8, 4) is 11.5 Å². The number of carboxylic acids is 1. The Morgan fingerprint density at radius 2 is 1.77 bits per heavy atom. The molecule has 0 unspecified atom stereocenters. The molecule has 0 aliphatic heterocycles. The third-order valence-electron chi connectivity index (χ3n) is 3.59. The summed E-state index contributed by atoms with van der Waals surface area (Å²) in [5.41, 5.74) is 0.152. The van der Waals surface area contributed by atoms with Gasteiger partial charge in [0.05, 0.1) is 31.2 Å². The second-order valence-corrected chi connectivity index (χ2v) is 7.07. The molecule has 0 atom stereocenters. The Balaban J connectivity index is 2.56. The number of aliphatic carboxylic acids is 1. The van der Waals surface area contributed by atoms with Gasteiger partial charge in [0.1, 0.15) is 17.3 Å². The van der Waals surface area contributed by atoms with Gasteiger partial charge in [-0.15, -0.1) is 0 Å². The van der Waals surface area contributed by atoms with Gasteiger partial charge in [-0.05, 0) is 36.4 Å². The number of anilines is 1. The first-order chi connectivity index (χ1) is 12.3. The van der Waals surface area contributed by atoms with E-state index in [4.69, 9.17) is 14.6 Å². The van der Waals surface area contributed by atoms with Crippen molar-refractivity contribution in [1.29, 1.82) is 0 Å². The fourth-order valence-electron chi connectivity index (χ4n) is 2.29. The molecule has 0 saturated heterocycles. The molecule has 9 heteroatoms. The topological polar surface area (TPSA) is 93.1 Å². The number of carbonyl (C=O) groups is 1. The zero-order valence-electron chi connectivity index (χ0n) is 14.2. The van der Waals surface area contributed by atoms with E-state index >= 15 is 0 Å². The lowest BCUT2D eigenvalue weighted by atomic mass is 10.2. The number of hydrogen-bond acceptors (Lipinski definition) is 5. The predicted molar refractivity (Wildman–Crippen MR) is 92.7 cm³/mol. The Morgan fingerprint density at radius 1 is 1.12 bits per heavy atom. The highest BCUT2D eigenvalue weighted by Gasteiger charge is 2.28. The molecule has 0 bridgehead atoms. The Hall–Kier alpha value is -2.81. The van der Waals surface area contributed by atoms with Gasteiger partial charge >= 0.3 is 5.97 Å². The van der Waals surface area contributed by atoms with Gasteiger partial charge in [0.15, 0.2) is 0 Å². The summed E-state index contributed by atoms with van der Waals surface area (Å²) in [7, 11) is -1.33. The third-order valence-corrected chi connectivity index (χ3v) is 5.41. The molecular formula is C17H18FNO6S. The van der Waals surface area contributed by atoms with Crippen LogP contribution in [-0.2, 0) is 14.8 Å². The molecule has 0 aliphatic rings. The maximum absolute atomic E-state index is 13.1. The van der Waals surface area contributed by atoms with Crippen LogP contribution in [0.3, 0.4) is 0 Å². The smallest absolute Gasteiger partial charge is 0.305 e. The summed E-state index contributed by atoms with van der Waals surface area (Å²) in [6.45, 7) is -0.322. The van der Waals surface area contributed by atoms with E-state index in [0.717, 1.165) is 28.6 Å². The third kappa shape index (κ3) is 4.23. The molecule has 2 rings (SSSR count). The molecule has 7 nitrogen and oxygen atoms in total. The largest absolute Gasteiger partial charge is 0.497 e. The summed E-state index contributed by atoms with van der Waals surface area (Å²) < 4.78 is 50.4. The quantitative estimate of drug-likeness (QED) is 0.753. The van der Waals surface area contributed by atoms with Crippen molar-refractivity contribution in [3.05, 3.63) is 48.3 Å². The van der Waals surface area contributed by atoms with E-state index in [1.54, 1.807) is 0 Å². The number of methoxy groups -OCH3 is 2. The van der Waals surface area contributed by atoms with Crippen LogP contribution in [0.4, 0.5) is 10.1 Å². The molecular weight excluding hydrogens is 365 g/mol. The first-order valence-electron chi connectivity index (χ1n) is 7.51. The minimum Gasteiger partial charge on any atom is -0.497 e. The Kier molecular flexibility index (Phi) is 6.04. The number of halogens is 1. The van der Waals surface area contributed by atoms with Crippen molar-refractivity contribution in [1.82, 2.24) is 0 Å². The maximum atomic E-state index is 13.1. The normalized spacial score (nSPS) is 11.0. The molecule has 0 aliphatic carbocycles. The molecule has 140 valence electrons. The minimum atomic E-state index is -4.14. The Labute approximate surface area is 150 Å². The summed E-state index contributed by atoms with van der Waals surface area (Å²) in [5, 5.41) is 8.97. The average molecular weight is 383 g/mol. The van der Waals surface area contributed by atoms with Crippen molar-refractivity contribution in [2.75, 3.05) is 25.1 Å². The Morgan fingerprint density at radius 3 is 2.31 bits per heavy atom. The van der Waals surface area contributed by atoms with Crippen LogP contribution < -0.4 is 13.8 Å². The molecule has 0 amide bonds. The molecule has 2 aromatic rings. The number of carboxylic acid groups (broad SMARTS) is 1. The van der Waals surface area contributed by atoms with Gasteiger partial charge in [-0.2, -0.15) is 0 Å². The van der Waals surface area contributed by atoms with E-state index in [-0.39, 0.29) is 22.9 Å². The van der Waals surface area contributed by atoms with Gasteiger partial charge in [-0.25, -0.2) is 12.8 Å². The fraction of sp³-hybridized carbons (Fsp3) is 0.235. The van der Waals surface area contributed by atoms with Gasteiger partial charge in [0, 0.05) is 12.6 Å². The highest BCUT2D eigenvalue weighted by Crippen LogP contribution is 2.35. The van der Waals surface area contributed by atoms with E-state index in [2.05, 4.69) is 0 Å². The highest BCUT2D eigenvalue weighted by molar-refractivity contribution is 7.92. The molecule has 26 heavy (non-hydrogen) atoms. The van der Waals surface area contributed by atoms with Gasteiger partial charge in [-0.1, -0.05) is 0 Å². The molecule has 0 radical (unpaired) electrons. The number of ether oxygens (including phenoxy) is 2. The number of sulfonamides is 1. The zero-order valence-corrected chi connectivity index (χ0v) is 15.0.